The van der Waals surface area contributed by atoms with Gasteiger partial charge in [-0.05, 0) is 13.3 Å². The van der Waals surface area contributed by atoms with Crippen LogP contribution in [-0.4, -0.2) is 40.7 Å². The Balaban J connectivity index is 2.51. The Morgan fingerprint density at radius 2 is 2.38 bits per heavy atom. The summed E-state index contributed by atoms with van der Waals surface area (Å²) in [5.74, 6) is -0.363. The van der Waals surface area contributed by atoms with Gasteiger partial charge in [0.1, 0.15) is 0 Å². The van der Waals surface area contributed by atoms with E-state index in [0.717, 1.165) is 19.4 Å². The molecule has 0 aliphatic carbocycles. The van der Waals surface area contributed by atoms with Gasteiger partial charge in [0.25, 0.3) is 0 Å². The van der Waals surface area contributed by atoms with Crippen LogP contribution in [0, 0.1) is 0 Å². The Labute approximate surface area is 76.5 Å². The first-order valence-corrected chi connectivity index (χ1v) is 4.32. The Morgan fingerprint density at radius 1 is 1.69 bits per heavy atom. The SMILES string of the molecule is C[C@@H](O)[C@H](NC1=NCCC1)C(=O)O. The molecule has 1 rings (SSSR count). The maximum Gasteiger partial charge on any atom is 0.328 e. The summed E-state index contributed by atoms with van der Waals surface area (Å²) < 4.78 is 0. The molecule has 1 heterocycles. The summed E-state index contributed by atoms with van der Waals surface area (Å²) in [6, 6.07) is -0.947. The van der Waals surface area contributed by atoms with E-state index in [2.05, 4.69) is 10.3 Å². The van der Waals surface area contributed by atoms with E-state index in [4.69, 9.17) is 10.2 Å². The molecular formula is C8H14N2O3. The normalized spacial score (nSPS) is 20.6. The molecule has 0 fully saturated rings. The quantitative estimate of drug-likeness (QED) is 0.560. The molecule has 0 saturated heterocycles. The minimum Gasteiger partial charge on any atom is -0.480 e. The molecule has 0 radical (unpaired) electrons. The number of aliphatic hydroxyl groups is 1. The van der Waals surface area contributed by atoms with E-state index in [1.54, 1.807) is 0 Å². The molecule has 0 unspecified atom stereocenters. The van der Waals surface area contributed by atoms with Crippen LogP contribution in [-0.2, 0) is 4.79 Å². The Morgan fingerprint density at radius 3 is 2.77 bits per heavy atom. The lowest BCUT2D eigenvalue weighted by atomic mass is 10.2. The van der Waals surface area contributed by atoms with Gasteiger partial charge >= 0.3 is 5.97 Å². The molecule has 74 valence electrons. The lowest BCUT2D eigenvalue weighted by molar-refractivity contribution is -0.141. The van der Waals surface area contributed by atoms with Crippen molar-refractivity contribution in [3.63, 3.8) is 0 Å². The monoisotopic (exact) mass is 186 g/mol. The number of carboxylic acid groups (broad SMARTS) is 1. The van der Waals surface area contributed by atoms with Crippen molar-refractivity contribution < 1.29 is 15.0 Å². The fourth-order valence-corrected chi connectivity index (χ4v) is 1.23. The zero-order valence-electron chi connectivity index (χ0n) is 7.53. The minimum absolute atomic E-state index is 0.688. The molecule has 0 aromatic carbocycles. The molecule has 13 heavy (non-hydrogen) atoms. The van der Waals surface area contributed by atoms with Crippen LogP contribution in [0.25, 0.3) is 0 Å². The van der Waals surface area contributed by atoms with Crippen LogP contribution >= 0.6 is 0 Å². The first-order valence-electron chi connectivity index (χ1n) is 4.32. The summed E-state index contributed by atoms with van der Waals surface area (Å²) >= 11 is 0. The van der Waals surface area contributed by atoms with Crippen LogP contribution < -0.4 is 5.32 Å². The van der Waals surface area contributed by atoms with Crippen molar-refractivity contribution in [2.45, 2.75) is 31.9 Å². The molecule has 0 aromatic rings. The maximum atomic E-state index is 10.7. The van der Waals surface area contributed by atoms with Crippen LogP contribution in [0.2, 0.25) is 0 Å². The first-order chi connectivity index (χ1) is 6.11. The Bertz CT molecular complexity index is 225. The summed E-state index contributed by atoms with van der Waals surface area (Å²) in [6.45, 7) is 2.19. The predicted molar refractivity (Wildman–Crippen MR) is 47.8 cm³/mol. The maximum absolute atomic E-state index is 10.7. The number of hydrogen-bond acceptors (Lipinski definition) is 4. The smallest absolute Gasteiger partial charge is 0.328 e. The van der Waals surface area contributed by atoms with Crippen molar-refractivity contribution in [1.29, 1.82) is 0 Å². The fraction of sp³-hybridized carbons (Fsp3) is 0.750. The van der Waals surface area contributed by atoms with Gasteiger partial charge in [0, 0.05) is 13.0 Å². The highest BCUT2D eigenvalue weighted by atomic mass is 16.4. The van der Waals surface area contributed by atoms with Gasteiger partial charge in [-0.25, -0.2) is 4.79 Å². The fourth-order valence-electron chi connectivity index (χ4n) is 1.23. The largest absolute Gasteiger partial charge is 0.480 e. The number of carbonyl (C=O) groups is 1. The molecule has 5 nitrogen and oxygen atoms in total. The molecule has 0 amide bonds. The number of aliphatic carboxylic acids is 1. The third-order valence-corrected chi connectivity index (χ3v) is 1.94. The van der Waals surface area contributed by atoms with Gasteiger partial charge in [-0.3, -0.25) is 4.99 Å². The van der Waals surface area contributed by atoms with Crippen LogP contribution in [0.15, 0.2) is 4.99 Å². The van der Waals surface area contributed by atoms with Gasteiger partial charge in [0.05, 0.1) is 11.9 Å². The van der Waals surface area contributed by atoms with Gasteiger partial charge < -0.3 is 15.5 Å². The number of amidine groups is 1. The van der Waals surface area contributed by atoms with Gasteiger partial charge in [-0.2, -0.15) is 0 Å². The molecule has 2 atom stereocenters. The molecule has 0 aromatic heterocycles. The average molecular weight is 186 g/mol. The zero-order chi connectivity index (χ0) is 9.84. The van der Waals surface area contributed by atoms with E-state index in [1.807, 2.05) is 0 Å². The van der Waals surface area contributed by atoms with Crippen molar-refractivity contribution in [1.82, 2.24) is 5.32 Å². The summed E-state index contributed by atoms with van der Waals surface area (Å²) in [7, 11) is 0. The second-order valence-electron chi connectivity index (χ2n) is 3.13. The second-order valence-corrected chi connectivity index (χ2v) is 3.13. The van der Waals surface area contributed by atoms with Crippen LogP contribution in [0.4, 0.5) is 0 Å². The molecule has 0 spiro atoms. The summed E-state index contributed by atoms with van der Waals surface area (Å²) in [6.07, 6.45) is 0.811. The summed E-state index contributed by atoms with van der Waals surface area (Å²) in [5.41, 5.74) is 0. The number of rotatable bonds is 3. The van der Waals surface area contributed by atoms with Gasteiger partial charge in [-0.1, -0.05) is 0 Å². The number of nitrogens with zero attached hydrogens (tertiary/aromatic N) is 1. The molecular weight excluding hydrogens is 172 g/mol. The second kappa shape index (κ2) is 4.23. The molecule has 1 aliphatic heterocycles. The van der Waals surface area contributed by atoms with Crippen LogP contribution in [0.5, 0.6) is 0 Å². The number of nitrogens with one attached hydrogen (secondary N) is 1. The number of aliphatic hydroxyl groups excluding tert-OH is 1. The minimum atomic E-state index is -1.05. The van der Waals surface area contributed by atoms with Gasteiger partial charge in [0.2, 0.25) is 0 Å². The predicted octanol–water partition coefficient (Wildman–Crippen LogP) is -0.398. The van der Waals surface area contributed by atoms with E-state index in [1.165, 1.54) is 6.92 Å². The van der Waals surface area contributed by atoms with Crippen molar-refractivity contribution >= 4 is 11.8 Å². The molecule has 0 bridgehead atoms. The molecule has 0 saturated carbocycles. The van der Waals surface area contributed by atoms with E-state index in [-0.39, 0.29) is 0 Å². The average Bonchev–Trinajstić information content (AvgIpc) is 2.50. The van der Waals surface area contributed by atoms with E-state index in [0.29, 0.717) is 5.84 Å². The third-order valence-electron chi connectivity index (χ3n) is 1.94. The van der Waals surface area contributed by atoms with Crippen LogP contribution in [0.1, 0.15) is 19.8 Å². The number of carboxylic acids is 1. The Hall–Kier alpha value is -1.10. The van der Waals surface area contributed by atoms with Crippen molar-refractivity contribution in [2.24, 2.45) is 4.99 Å². The van der Waals surface area contributed by atoms with Crippen molar-refractivity contribution in [2.75, 3.05) is 6.54 Å². The van der Waals surface area contributed by atoms with E-state index < -0.39 is 18.1 Å². The lowest BCUT2D eigenvalue weighted by Gasteiger charge is -2.17. The highest BCUT2D eigenvalue weighted by molar-refractivity contribution is 5.88. The topological polar surface area (TPSA) is 81.9 Å². The zero-order valence-corrected chi connectivity index (χ0v) is 7.53. The highest BCUT2D eigenvalue weighted by Crippen LogP contribution is 2.03. The van der Waals surface area contributed by atoms with E-state index in [9.17, 15) is 4.79 Å². The van der Waals surface area contributed by atoms with Crippen molar-refractivity contribution in [3.8, 4) is 0 Å². The van der Waals surface area contributed by atoms with Crippen molar-refractivity contribution in [3.05, 3.63) is 0 Å². The van der Waals surface area contributed by atoms with Crippen LogP contribution in [0.3, 0.4) is 0 Å². The number of hydrogen-bond donors (Lipinski definition) is 3. The van der Waals surface area contributed by atoms with E-state index >= 15 is 0 Å². The highest BCUT2D eigenvalue weighted by Gasteiger charge is 2.24. The third kappa shape index (κ3) is 2.69. The molecule has 3 N–H and O–H groups in total. The Kier molecular flexibility index (Phi) is 3.25. The molecule has 5 heteroatoms. The molecule has 1 aliphatic rings. The first kappa shape index (κ1) is 9.98. The lowest BCUT2D eigenvalue weighted by Crippen LogP contribution is -2.47. The van der Waals surface area contributed by atoms with Gasteiger partial charge in [-0.15, -0.1) is 0 Å². The van der Waals surface area contributed by atoms with Gasteiger partial charge in [0.15, 0.2) is 6.04 Å². The summed E-state index contributed by atoms with van der Waals surface area (Å²) in [5, 5.41) is 20.6. The summed E-state index contributed by atoms with van der Waals surface area (Å²) in [4.78, 5) is 14.7. The number of aliphatic imine (C=N–C) groups is 1. The standard InChI is InChI=1S/C8H14N2O3/c1-5(11)7(8(12)13)10-6-3-2-4-9-6/h5,7,11H,2-4H2,1H3,(H,9,10)(H,12,13)/t5-,7+/m1/s1.